The number of fused-ring (bicyclic) bond motifs is 1. The van der Waals surface area contributed by atoms with Gasteiger partial charge < -0.3 is 10.1 Å². The van der Waals surface area contributed by atoms with Crippen molar-refractivity contribution >= 4 is 15.9 Å². The van der Waals surface area contributed by atoms with Gasteiger partial charge in [0.15, 0.2) is 0 Å². The third-order valence-corrected chi connectivity index (χ3v) is 7.01. The van der Waals surface area contributed by atoms with Crippen molar-refractivity contribution < 1.29 is 17.9 Å². The average Bonchev–Trinajstić information content (AvgIpc) is 2.73. The topological polar surface area (TPSA) is 75.7 Å². The molecule has 1 atom stereocenters. The molecule has 6 nitrogen and oxygen atoms in total. The molecule has 0 radical (unpaired) electrons. The highest BCUT2D eigenvalue weighted by Crippen LogP contribution is 2.42. The van der Waals surface area contributed by atoms with E-state index >= 15 is 0 Å². The van der Waals surface area contributed by atoms with Crippen LogP contribution in [0.25, 0.3) is 0 Å². The van der Waals surface area contributed by atoms with Gasteiger partial charge in [0, 0.05) is 18.5 Å². The molecule has 0 spiro atoms. The Kier molecular flexibility index (Phi) is 6.83. The molecule has 2 aromatic rings. The Labute approximate surface area is 179 Å². The quantitative estimate of drug-likeness (QED) is 0.694. The Morgan fingerprint density at radius 2 is 1.73 bits per heavy atom. The number of amides is 1. The first-order valence-corrected chi connectivity index (χ1v) is 12.2. The predicted molar refractivity (Wildman–Crippen MR) is 118 cm³/mol. The molecular formula is C23H30N2O4S. The summed E-state index contributed by atoms with van der Waals surface area (Å²) in [6, 6.07) is 16.8. The standard InChI is InChI=1S/C23H30N2O4S/c1-4-23(5-2)15-20(19-13-9-10-14-21(19)29-23)24-22(26)17-25(30(3,27)28)16-18-11-7-6-8-12-18/h6-14,20H,4-5,15-17H2,1-3H3,(H,24,26)/t20-/m1/s1. The van der Waals surface area contributed by atoms with Crippen LogP contribution < -0.4 is 10.1 Å². The lowest BCUT2D eigenvalue weighted by atomic mass is 9.83. The molecule has 7 heteroatoms. The lowest BCUT2D eigenvalue weighted by molar-refractivity contribution is -0.122. The fourth-order valence-electron chi connectivity index (χ4n) is 3.91. The van der Waals surface area contributed by atoms with Gasteiger partial charge in [-0.3, -0.25) is 4.79 Å². The van der Waals surface area contributed by atoms with E-state index in [1.807, 2.05) is 54.6 Å². The molecule has 2 aromatic carbocycles. The highest BCUT2D eigenvalue weighted by molar-refractivity contribution is 7.88. The summed E-state index contributed by atoms with van der Waals surface area (Å²) in [5.41, 5.74) is 1.42. The molecule has 0 aliphatic carbocycles. The smallest absolute Gasteiger partial charge is 0.235 e. The Morgan fingerprint density at radius 1 is 1.10 bits per heavy atom. The van der Waals surface area contributed by atoms with Crippen LogP contribution in [0.3, 0.4) is 0 Å². The molecule has 0 unspecified atom stereocenters. The van der Waals surface area contributed by atoms with E-state index in [4.69, 9.17) is 4.74 Å². The van der Waals surface area contributed by atoms with Crippen LogP contribution in [-0.4, -0.2) is 37.0 Å². The third-order valence-electron chi connectivity index (χ3n) is 5.81. The zero-order valence-corrected chi connectivity index (χ0v) is 18.6. The van der Waals surface area contributed by atoms with E-state index in [9.17, 15) is 13.2 Å². The molecule has 1 amide bonds. The highest BCUT2D eigenvalue weighted by atomic mass is 32.2. The van der Waals surface area contributed by atoms with Crippen molar-refractivity contribution in [3.8, 4) is 5.75 Å². The molecule has 0 saturated carbocycles. The van der Waals surface area contributed by atoms with Gasteiger partial charge in [0.1, 0.15) is 11.4 Å². The van der Waals surface area contributed by atoms with E-state index in [1.54, 1.807) is 0 Å². The average molecular weight is 431 g/mol. The van der Waals surface area contributed by atoms with Crippen LogP contribution in [0, 0.1) is 0 Å². The zero-order chi connectivity index (χ0) is 21.8. The largest absolute Gasteiger partial charge is 0.487 e. The fraction of sp³-hybridized carbons (Fsp3) is 0.435. The minimum Gasteiger partial charge on any atom is -0.487 e. The van der Waals surface area contributed by atoms with Crippen LogP contribution in [0.2, 0.25) is 0 Å². The van der Waals surface area contributed by atoms with Crippen molar-refractivity contribution in [2.45, 2.75) is 51.3 Å². The van der Waals surface area contributed by atoms with Crippen molar-refractivity contribution in [1.29, 1.82) is 0 Å². The van der Waals surface area contributed by atoms with Crippen LogP contribution >= 0.6 is 0 Å². The first-order chi connectivity index (χ1) is 14.3. The monoisotopic (exact) mass is 430 g/mol. The maximum atomic E-state index is 12.9. The number of benzene rings is 2. The Morgan fingerprint density at radius 3 is 2.37 bits per heavy atom. The second-order valence-electron chi connectivity index (χ2n) is 7.87. The van der Waals surface area contributed by atoms with E-state index < -0.39 is 10.0 Å². The second-order valence-corrected chi connectivity index (χ2v) is 9.85. The van der Waals surface area contributed by atoms with Crippen molar-refractivity contribution in [1.82, 2.24) is 9.62 Å². The van der Waals surface area contributed by atoms with E-state index in [0.29, 0.717) is 6.42 Å². The lowest BCUT2D eigenvalue weighted by Crippen LogP contribution is -2.47. The van der Waals surface area contributed by atoms with Gasteiger partial charge in [-0.05, 0) is 24.5 Å². The van der Waals surface area contributed by atoms with Crippen LogP contribution in [0.4, 0.5) is 0 Å². The number of carbonyl (C=O) groups excluding carboxylic acids is 1. The van der Waals surface area contributed by atoms with E-state index in [0.717, 1.165) is 36.0 Å². The van der Waals surface area contributed by atoms with Gasteiger partial charge in [0.05, 0.1) is 18.8 Å². The minimum atomic E-state index is -3.54. The molecule has 0 bridgehead atoms. The molecule has 1 aliphatic heterocycles. The maximum Gasteiger partial charge on any atom is 0.235 e. The molecule has 3 rings (SSSR count). The van der Waals surface area contributed by atoms with Gasteiger partial charge in [0.25, 0.3) is 0 Å². The van der Waals surface area contributed by atoms with Gasteiger partial charge in [0.2, 0.25) is 15.9 Å². The van der Waals surface area contributed by atoms with Gasteiger partial charge in [-0.15, -0.1) is 0 Å². The zero-order valence-electron chi connectivity index (χ0n) is 17.8. The van der Waals surface area contributed by atoms with Crippen molar-refractivity contribution in [2.24, 2.45) is 0 Å². The maximum absolute atomic E-state index is 12.9. The minimum absolute atomic E-state index is 0.158. The summed E-state index contributed by atoms with van der Waals surface area (Å²) in [6.45, 7) is 4.10. The second kappa shape index (κ2) is 9.18. The number of para-hydroxylation sites is 1. The molecule has 1 heterocycles. The van der Waals surface area contributed by atoms with Crippen LogP contribution in [0.1, 0.15) is 50.3 Å². The van der Waals surface area contributed by atoms with Gasteiger partial charge in [-0.1, -0.05) is 62.4 Å². The van der Waals surface area contributed by atoms with Crippen LogP contribution in [0.5, 0.6) is 5.75 Å². The number of sulfonamides is 1. The molecule has 1 N–H and O–H groups in total. The summed E-state index contributed by atoms with van der Waals surface area (Å²) in [5.74, 6) is 0.459. The van der Waals surface area contributed by atoms with Gasteiger partial charge in [-0.2, -0.15) is 4.31 Å². The predicted octanol–water partition coefficient (Wildman–Crippen LogP) is 3.65. The van der Waals surface area contributed by atoms with E-state index in [-0.39, 0.29) is 30.6 Å². The molecule has 0 saturated heterocycles. The van der Waals surface area contributed by atoms with Crippen molar-refractivity contribution in [3.63, 3.8) is 0 Å². The molecule has 0 aromatic heterocycles. The highest BCUT2D eigenvalue weighted by Gasteiger charge is 2.39. The first-order valence-electron chi connectivity index (χ1n) is 10.3. The first kappa shape index (κ1) is 22.3. The fourth-order valence-corrected chi connectivity index (χ4v) is 4.64. The van der Waals surface area contributed by atoms with Crippen molar-refractivity contribution in [2.75, 3.05) is 12.8 Å². The summed E-state index contributed by atoms with van der Waals surface area (Å²) in [4.78, 5) is 12.9. The summed E-state index contributed by atoms with van der Waals surface area (Å²) in [5, 5.41) is 3.06. The Balaban J connectivity index is 1.78. The van der Waals surface area contributed by atoms with Gasteiger partial charge >= 0.3 is 0 Å². The molecule has 1 aliphatic rings. The van der Waals surface area contributed by atoms with Crippen LogP contribution in [-0.2, 0) is 21.4 Å². The molecule has 30 heavy (non-hydrogen) atoms. The summed E-state index contributed by atoms with van der Waals surface area (Å²) in [7, 11) is -3.54. The van der Waals surface area contributed by atoms with Crippen LogP contribution in [0.15, 0.2) is 54.6 Å². The van der Waals surface area contributed by atoms with Crippen molar-refractivity contribution in [3.05, 3.63) is 65.7 Å². The number of ether oxygens (including phenoxy) is 1. The summed E-state index contributed by atoms with van der Waals surface area (Å²) >= 11 is 0. The lowest BCUT2D eigenvalue weighted by Gasteiger charge is -2.41. The van der Waals surface area contributed by atoms with E-state index in [2.05, 4.69) is 19.2 Å². The number of rotatable bonds is 8. The molecular weight excluding hydrogens is 400 g/mol. The van der Waals surface area contributed by atoms with Gasteiger partial charge in [-0.25, -0.2) is 8.42 Å². The number of nitrogens with one attached hydrogen (secondary N) is 1. The number of hydrogen-bond acceptors (Lipinski definition) is 4. The Hall–Kier alpha value is -2.38. The molecule has 162 valence electrons. The Bertz CT molecular complexity index is 972. The SMILES string of the molecule is CCC1(CC)C[C@@H](NC(=O)CN(Cc2ccccc2)S(C)(=O)=O)c2ccccc2O1. The third kappa shape index (κ3) is 5.21. The summed E-state index contributed by atoms with van der Waals surface area (Å²) < 4.78 is 32.1. The normalized spacial score (nSPS) is 17.8. The number of nitrogens with zero attached hydrogens (tertiary/aromatic N) is 1. The molecule has 0 fully saturated rings. The van der Waals surface area contributed by atoms with E-state index in [1.165, 1.54) is 4.31 Å². The number of hydrogen-bond donors (Lipinski definition) is 1. The number of carbonyl (C=O) groups is 1. The summed E-state index contributed by atoms with van der Waals surface area (Å²) in [6.07, 6.45) is 3.44.